The fraction of sp³-hybridized carbons (Fsp3) is 1.00. The minimum absolute atomic E-state index is 0.290. The molecule has 122 valence electrons. The van der Waals surface area contributed by atoms with Gasteiger partial charge in [0.2, 0.25) is 0 Å². The Morgan fingerprint density at radius 3 is 2.62 bits per heavy atom. The van der Waals surface area contributed by atoms with Gasteiger partial charge in [-0.25, -0.2) is 0 Å². The molecule has 1 saturated carbocycles. The van der Waals surface area contributed by atoms with Gasteiger partial charge in [-0.2, -0.15) is 0 Å². The summed E-state index contributed by atoms with van der Waals surface area (Å²) in [4.78, 5) is 19.3. The van der Waals surface area contributed by atoms with Gasteiger partial charge in [-0.15, -0.1) is 0 Å². The van der Waals surface area contributed by atoms with Gasteiger partial charge in [0.25, 0.3) is 0 Å². The zero-order chi connectivity index (χ0) is 15.3. The summed E-state index contributed by atoms with van der Waals surface area (Å²) >= 11 is -1.94. The molecule has 0 aromatic carbocycles. The summed E-state index contributed by atoms with van der Waals surface area (Å²) < 4.78 is 13.3. The molecule has 1 aliphatic carbocycles. The maximum atomic E-state index is 6.33. The molecule has 4 rings (SSSR count). The number of hydrogen-bond acceptors (Lipinski definition) is 4. The van der Waals surface area contributed by atoms with Crippen LogP contribution in [0.1, 0.15) is 39.0 Å². The monoisotopic (exact) mass is 406 g/mol. The van der Waals surface area contributed by atoms with E-state index in [1.54, 1.807) is 7.11 Å². The molecule has 2 unspecified atom stereocenters. The van der Waals surface area contributed by atoms with Gasteiger partial charge in [0, 0.05) is 0 Å². The van der Waals surface area contributed by atoms with Gasteiger partial charge in [0.05, 0.1) is 0 Å². The molecule has 4 nitrogen and oxygen atoms in total. The zero-order valence-corrected chi connectivity index (χ0v) is 17.0. The van der Waals surface area contributed by atoms with Crippen molar-refractivity contribution >= 4 is 18.4 Å². The van der Waals surface area contributed by atoms with Gasteiger partial charge in [0.1, 0.15) is 0 Å². The average Bonchev–Trinajstić information content (AvgIpc) is 2.58. The second kappa shape index (κ2) is 5.62. The van der Waals surface area contributed by atoms with E-state index in [0.29, 0.717) is 11.8 Å². The van der Waals surface area contributed by atoms with Gasteiger partial charge in [-0.05, 0) is 0 Å². The number of methoxy groups -OCH3 is 1. The van der Waals surface area contributed by atoms with Crippen molar-refractivity contribution in [3.63, 3.8) is 0 Å². The van der Waals surface area contributed by atoms with Crippen molar-refractivity contribution in [3.05, 3.63) is 0 Å². The third kappa shape index (κ3) is 2.91. The average molecular weight is 405 g/mol. The van der Waals surface area contributed by atoms with E-state index in [1.807, 2.05) is 6.92 Å². The molecule has 4 aliphatic rings. The van der Waals surface area contributed by atoms with Crippen molar-refractivity contribution in [2.24, 2.45) is 11.8 Å². The van der Waals surface area contributed by atoms with Gasteiger partial charge in [0.15, 0.2) is 0 Å². The molecule has 0 N–H and O–H groups in total. The Bertz CT molecular complexity index is 396. The molecule has 4 fully saturated rings. The van der Waals surface area contributed by atoms with Crippen LogP contribution in [0, 0.1) is 11.8 Å². The summed E-state index contributed by atoms with van der Waals surface area (Å²) in [6.07, 6.45) is 5.51. The Morgan fingerprint density at radius 1 is 1.19 bits per heavy atom. The third-order valence-electron chi connectivity index (χ3n) is 5.55. The predicted octanol–water partition coefficient (Wildman–Crippen LogP) is 3.94. The molecular formula is C16H30O4Sn. The van der Waals surface area contributed by atoms with E-state index in [1.165, 1.54) is 23.7 Å². The first-order valence-corrected chi connectivity index (χ1v) is 18.9. The van der Waals surface area contributed by atoms with Gasteiger partial charge in [-0.1, -0.05) is 0 Å². The molecule has 3 heterocycles. The van der Waals surface area contributed by atoms with Crippen molar-refractivity contribution in [1.82, 2.24) is 0 Å². The molecule has 0 aromatic heterocycles. The van der Waals surface area contributed by atoms with Crippen molar-refractivity contribution in [3.8, 4) is 0 Å². The molecule has 3 aliphatic heterocycles. The Morgan fingerprint density at radius 2 is 1.95 bits per heavy atom. The van der Waals surface area contributed by atoms with E-state index >= 15 is 0 Å². The summed E-state index contributed by atoms with van der Waals surface area (Å²) in [5.74, 6) is 0.283. The number of hydrogen-bond donors (Lipinski definition) is 0. The molecule has 2 bridgehead atoms. The Labute approximate surface area is 132 Å². The molecule has 0 amide bonds. The van der Waals surface area contributed by atoms with E-state index in [9.17, 15) is 0 Å². The molecule has 5 heteroatoms. The molecule has 1 spiro atoms. The quantitative estimate of drug-likeness (QED) is 0.527. The molecular weight excluding hydrogens is 375 g/mol. The zero-order valence-electron chi connectivity index (χ0n) is 14.1. The van der Waals surface area contributed by atoms with Crippen molar-refractivity contribution in [1.29, 1.82) is 0 Å². The summed E-state index contributed by atoms with van der Waals surface area (Å²) in [5.41, 5.74) is -0.380. The van der Waals surface area contributed by atoms with Crippen LogP contribution in [-0.2, 0) is 19.2 Å². The van der Waals surface area contributed by atoms with E-state index < -0.39 is 24.2 Å². The van der Waals surface area contributed by atoms with Crippen molar-refractivity contribution in [2.75, 3.05) is 7.11 Å². The predicted molar refractivity (Wildman–Crippen MR) is 83.4 cm³/mol. The van der Waals surface area contributed by atoms with E-state index in [4.69, 9.17) is 19.2 Å². The molecule has 3 saturated heterocycles. The summed E-state index contributed by atoms with van der Waals surface area (Å²) in [6, 6.07) is 0. The normalized spacial score (nSPS) is 47.0. The van der Waals surface area contributed by atoms with Crippen LogP contribution in [0.5, 0.6) is 0 Å². The van der Waals surface area contributed by atoms with Crippen molar-refractivity contribution in [2.45, 2.75) is 76.0 Å². The fourth-order valence-electron chi connectivity index (χ4n) is 4.49. The van der Waals surface area contributed by atoms with Gasteiger partial charge < -0.3 is 0 Å². The van der Waals surface area contributed by atoms with Crippen molar-refractivity contribution < 1.29 is 19.2 Å². The van der Waals surface area contributed by atoms with Crippen LogP contribution in [0.25, 0.3) is 0 Å². The molecule has 0 radical (unpaired) electrons. The van der Waals surface area contributed by atoms with Crippen LogP contribution in [0.15, 0.2) is 0 Å². The number of ether oxygens (including phenoxy) is 2. The first kappa shape index (κ1) is 16.5. The molecule has 21 heavy (non-hydrogen) atoms. The first-order chi connectivity index (χ1) is 9.79. The van der Waals surface area contributed by atoms with Crippen LogP contribution in [0.2, 0.25) is 19.3 Å². The van der Waals surface area contributed by atoms with Gasteiger partial charge >= 0.3 is 133 Å². The summed E-state index contributed by atoms with van der Waals surface area (Å²) in [7, 11) is 1.73. The fourth-order valence-corrected chi connectivity index (χ4v) is 10.2. The topological polar surface area (TPSA) is 36.9 Å². The van der Waals surface area contributed by atoms with E-state index in [2.05, 4.69) is 14.8 Å². The Hall–Kier alpha value is 0.639. The minimum atomic E-state index is -1.94. The summed E-state index contributed by atoms with van der Waals surface area (Å²) in [5, 5.41) is 0. The van der Waals surface area contributed by atoms with E-state index in [-0.39, 0.29) is 11.9 Å². The first-order valence-electron chi connectivity index (χ1n) is 8.36. The van der Waals surface area contributed by atoms with Gasteiger partial charge in [-0.3, -0.25) is 0 Å². The Kier molecular flexibility index (Phi) is 4.41. The maximum absolute atomic E-state index is 6.33. The molecule has 5 atom stereocenters. The molecule has 0 aromatic rings. The third-order valence-corrected chi connectivity index (χ3v) is 10.4. The van der Waals surface area contributed by atoms with E-state index in [0.717, 1.165) is 12.8 Å². The van der Waals surface area contributed by atoms with Crippen LogP contribution < -0.4 is 0 Å². The Balaban J connectivity index is 1.94. The SMILES string of the molecule is COC1O[C@]2(C)OO[C@]13CCCC[C@@H]3CC2[CH2][Sn]([CH3])([CH3])[CH3]. The number of fused-ring (bicyclic) bond motifs is 3. The second-order valence-electron chi connectivity index (χ2n) is 8.46. The van der Waals surface area contributed by atoms with Crippen LogP contribution in [-0.4, -0.2) is 43.2 Å². The summed E-state index contributed by atoms with van der Waals surface area (Å²) in [6.45, 7) is 2.05. The standard InChI is InChI=1S/C13H21O4.3CH3.Sn/c1-9-8-10-6-4-5-7-13(10)11(14-3)15-12(9,2)16-17-13;;;;/h9-11H,1,4-8H2,2-3H3;3*1H3;/t9?,10-,11?,12-,13+;;;;/m1..../s1. The van der Waals surface area contributed by atoms with Crippen LogP contribution in [0.3, 0.4) is 0 Å². The number of rotatable bonds is 3. The van der Waals surface area contributed by atoms with Crippen LogP contribution in [0.4, 0.5) is 0 Å². The second-order valence-corrected chi connectivity index (χ2v) is 24.2. The van der Waals surface area contributed by atoms with Crippen LogP contribution >= 0.6 is 0 Å².